The highest BCUT2D eigenvalue weighted by Crippen LogP contribution is 2.27. The highest BCUT2D eigenvalue weighted by atomic mass is 32.2. The number of ether oxygens (including phenoxy) is 1. The number of nitrogens with zero attached hydrogens (tertiary/aromatic N) is 4. The van der Waals surface area contributed by atoms with Gasteiger partial charge < -0.3 is 14.9 Å². The summed E-state index contributed by atoms with van der Waals surface area (Å²) < 4.78 is 28.6. The maximum atomic E-state index is 12.8. The molecule has 1 atom stereocenters. The second-order valence-electron chi connectivity index (χ2n) is 6.53. The Morgan fingerprint density at radius 3 is 2.88 bits per heavy atom. The molecule has 172 valence electrons. The van der Waals surface area contributed by atoms with Crippen molar-refractivity contribution >= 4 is 49.9 Å². The van der Waals surface area contributed by atoms with Crippen molar-refractivity contribution in [2.45, 2.75) is 6.04 Å². The zero-order valence-electron chi connectivity index (χ0n) is 17.1. The van der Waals surface area contributed by atoms with E-state index in [-0.39, 0.29) is 41.3 Å². The third-order valence-corrected chi connectivity index (χ3v) is 6.10. The number of anilines is 1. The maximum absolute atomic E-state index is 12.8. The molecule has 2 aliphatic heterocycles. The number of thiazole rings is 1. The van der Waals surface area contributed by atoms with Crippen LogP contribution in [0.25, 0.3) is 0 Å². The molecule has 2 N–H and O–H groups in total. The monoisotopic (exact) mass is 484 g/mol. The quantitative estimate of drug-likeness (QED) is 0.286. The Kier molecular flexibility index (Phi) is 6.90. The molecule has 2 aliphatic rings. The Morgan fingerprint density at radius 1 is 1.47 bits per heavy atom. The van der Waals surface area contributed by atoms with Crippen LogP contribution < -0.4 is 10.6 Å². The minimum absolute atomic E-state index is 0.0164. The Bertz CT molecular complexity index is 1110. The number of oxime groups is 1. The predicted molar refractivity (Wildman–Crippen MR) is 114 cm³/mol. The van der Waals surface area contributed by atoms with Crippen LogP contribution in [0.15, 0.2) is 34.3 Å². The molecule has 0 aliphatic carbocycles. The van der Waals surface area contributed by atoms with E-state index in [1.54, 1.807) is 0 Å². The van der Waals surface area contributed by atoms with Gasteiger partial charge in [-0.25, -0.2) is 28.2 Å². The number of carbonyl (C=O) groups excluding carboxylic acids is 3. The molecule has 3 amide bonds. The van der Waals surface area contributed by atoms with Crippen LogP contribution in [-0.2, 0) is 29.0 Å². The van der Waals surface area contributed by atoms with Crippen molar-refractivity contribution in [3.05, 3.63) is 34.8 Å². The zero-order chi connectivity index (χ0) is 23.5. The lowest BCUT2D eigenvalue weighted by Gasteiger charge is -2.20. The van der Waals surface area contributed by atoms with Crippen LogP contribution in [0.2, 0.25) is 0 Å². The van der Waals surface area contributed by atoms with E-state index in [4.69, 9.17) is 9.57 Å². The van der Waals surface area contributed by atoms with Crippen molar-refractivity contribution in [1.29, 1.82) is 0 Å². The van der Waals surface area contributed by atoms with Crippen LogP contribution in [0.4, 0.5) is 9.93 Å². The highest BCUT2D eigenvalue weighted by Gasteiger charge is 2.46. The number of rotatable bonds is 8. The van der Waals surface area contributed by atoms with Gasteiger partial charge in [0.1, 0.15) is 30.5 Å². The number of nitrogens with one attached hydrogen (secondary N) is 2. The molecular formula is C17H20N6O7S2. The van der Waals surface area contributed by atoms with E-state index in [0.717, 1.165) is 22.6 Å². The minimum Gasteiger partial charge on any atom is -0.445 e. The van der Waals surface area contributed by atoms with E-state index in [1.807, 2.05) is 0 Å². The summed E-state index contributed by atoms with van der Waals surface area (Å²) in [5.41, 5.74) is -0.138. The summed E-state index contributed by atoms with van der Waals surface area (Å²) in [6.07, 6.45) is 3.10. The summed E-state index contributed by atoms with van der Waals surface area (Å²) in [5, 5.41) is 12.7. The number of hydrazine groups is 1. The van der Waals surface area contributed by atoms with Crippen molar-refractivity contribution in [1.82, 2.24) is 20.3 Å². The summed E-state index contributed by atoms with van der Waals surface area (Å²) in [7, 11) is -2.38. The number of fused-ring (bicyclic) bond motifs is 1. The van der Waals surface area contributed by atoms with E-state index in [0.29, 0.717) is 0 Å². The smallest absolute Gasteiger partial charge is 0.413 e. The molecule has 3 rings (SSSR count). The number of sulfone groups is 1. The van der Waals surface area contributed by atoms with Gasteiger partial charge >= 0.3 is 6.09 Å². The van der Waals surface area contributed by atoms with Gasteiger partial charge in [-0.15, -0.1) is 11.3 Å². The molecule has 0 bridgehead atoms. The molecule has 0 saturated carbocycles. The average Bonchev–Trinajstić information content (AvgIpc) is 3.42. The molecule has 3 heterocycles. The van der Waals surface area contributed by atoms with Gasteiger partial charge in [-0.2, -0.15) is 0 Å². The molecule has 32 heavy (non-hydrogen) atoms. The first-order valence-corrected chi connectivity index (χ1v) is 11.8. The fraction of sp³-hybridized carbons (Fsp3) is 0.353. The van der Waals surface area contributed by atoms with Crippen LogP contribution in [0, 0.1) is 0 Å². The van der Waals surface area contributed by atoms with Crippen LogP contribution >= 0.6 is 11.3 Å². The SMILES string of the molecule is C=CCOC(=O)Nc1nc(/C(=N/OC)C(=O)N[C@@H]2CN3CC=C(S(C)(=O)=O)N3C2=O)cs1. The van der Waals surface area contributed by atoms with Crippen molar-refractivity contribution in [3.63, 3.8) is 0 Å². The molecule has 1 aromatic rings. The second kappa shape index (κ2) is 9.46. The Morgan fingerprint density at radius 2 is 2.22 bits per heavy atom. The minimum atomic E-state index is -3.61. The first-order chi connectivity index (χ1) is 15.2. The fourth-order valence-electron chi connectivity index (χ4n) is 2.97. The summed E-state index contributed by atoms with van der Waals surface area (Å²) in [6.45, 7) is 3.76. The molecule has 0 unspecified atom stereocenters. The normalized spacial score (nSPS) is 18.8. The van der Waals surface area contributed by atoms with Gasteiger partial charge in [0.2, 0.25) is 0 Å². The summed E-state index contributed by atoms with van der Waals surface area (Å²) in [4.78, 5) is 46.0. The molecule has 0 radical (unpaired) electrons. The number of aromatic nitrogens is 1. The zero-order valence-corrected chi connectivity index (χ0v) is 18.7. The number of hydrogen-bond acceptors (Lipinski definition) is 11. The molecule has 0 aromatic carbocycles. The van der Waals surface area contributed by atoms with Crippen LogP contribution in [0.5, 0.6) is 0 Å². The number of amides is 3. The third kappa shape index (κ3) is 4.95. The van der Waals surface area contributed by atoms with Gasteiger partial charge in [0.25, 0.3) is 11.8 Å². The molecule has 15 heteroatoms. The van der Waals surface area contributed by atoms with Crippen LogP contribution in [0.3, 0.4) is 0 Å². The summed E-state index contributed by atoms with van der Waals surface area (Å²) >= 11 is 1.02. The molecule has 13 nitrogen and oxygen atoms in total. The average molecular weight is 485 g/mol. The van der Waals surface area contributed by atoms with E-state index >= 15 is 0 Å². The lowest BCUT2D eigenvalue weighted by atomic mass is 10.2. The van der Waals surface area contributed by atoms with Gasteiger partial charge in [0.15, 0.2) is 20.7 Å². The Balaban J connectivity index is 1.70. The first-order valence-electron chi connectivity index (χ1n) is 9.07. The molecular weight excluding hydrogens is 464 g/mol. The van der Waals surface area contributed by atoms with Crippen molar-refractivity contribution in [2.24, 2.45) is 5.16 Å². The first kappa shape index (κ1) is 23.4. The largest absolute Gasteiger partial charge is 0.445 e. The van der Waals surface area contributed by atoms with Crippen LogP contribution in [-0.4, -0.2) is 86.1 Å². The Labute approximate surface area is 187 Å². The number of carbonyl (C=O) groups is 3. The van der Waals surface area contributed by atoms with Gasteiger partial charge in [0.05, 0.1) is 0 Å². The fourth-order valence-corrected chi connectivity index (χ4v) is 4.55. The van der Waals surface area contributed by atoms with E-state index in [1.165, 1.54) is 29.7 Å². The predicted octanol–water partition coefficient (Wildman–Crippen LogP) is -0.328. The lowest BCUT2D eigenvalue weighted by molar-refractivity contribution is -0.134. The standard InChI is InChI=1S/C17H20N6O7S2/c1-4-7-30-17(26)20-16-19-11(9-31-16)13(21-29-2)14(24)18-10-8-22-6-5-12(32(3,27)28)23(22)15(10)25/h4-5,9-10H,1,6-8H2,2-3H3,(H,18,24)(H,19,20,26)/b21-13-/t10-/m1/s1. The molecule has 1 fully saturated rings. The van der Waals surface area contributed by atoms with Gasteiger partial charge in [-0.1, -0.05) is 17.8 Å². The van der Waals surface area contributed by atoms with E-state index in [2.05, 4.69) is 27.4 Å². The van der Waals surface area contributed by atoms with Crippen molar-refractivity contribution in [2.75, 3.05) is 38.4 Å². The molecule has 1 aromatic heterocycles. The number of hydrogen-bond donors (Lipinski definition) is 2. The summed E-state index contributed by atoms with van der Waals surface area (Å²) in [5.74, 6) is -1.35. The van der Waals surface area contributed by atoms with Crippen molar-refractivity contribution in [3.8, 4) is 0 Å². The van der Waals surface area contributed by atoms with E-state index < -0.39 is 33.8 Å². The third-order valence-electron chi connectivity index (χ3n) is 4.24. The highest BCUT2D eigenvalue weighted by molar-refractivity contribution is 7.94. The molecule has 0 spiro atoms. The van der Waals surface area contributed by atoms with E-state index in [9.17, 15) is 22.8 Å². The lowest BCUT2D eigenvalue weighted by Crippen LogP contribution is -2.45. The van der Waals surface area contributed by atoms with Gasteiger partial charge in [-0.05, 0) is 6.08 Å². The van der Waals surface area contributed by atoms with Gasteiger partial charge in [0, 0.05) is 24.7 Å². The van der Waals surface area contributed by atoms with Crippen molar-refractivity contribution < 1.29 is 32.4 Å². The molecule has 1 saturated heterocycles. The topological polar surface area (TPSA) is 160 Å². The second-order valence-corrected chi connectivity index (χ2v) is 9.36. The summed E-state index contributed by atoms with van der Waals surface area (Å²) in [6, 6.07) is -1.000. The van der Waals surface area contributed by atoms with Gasteiger partial charge in [-0.3, -0.25) is 14.9 Å². The Hall–Kier alpha value is -3.30. The van der Waals surface area contributed by atoms with Crippen LogP contribution in [0.1, 0.15) is 5.69 Å². The maximum Gasteiger partial charge on any atom is 0.413 e.